The summed E-state index contributed by atoms with van der Waals surface area (Å²) >= 11 is 0. The molecule has 0 aromatic carbocycles. The van der Waals surface area contributed by atoms with Gasteiger partial charge < -0.3 is 15.4 Å². The van der Waals surface area contributed by atoms with Crippen molar-refractivity contribution in [3.8, 4) is 0 Å². The second kappa shape index (κ2) is 5.80. The van der Waals surface area contributed by atoms with Crippen LogP contribution in [0.3, 0.4) is 0 Å². The number of rotatable bonds is 4. The third-order valence-corrected chi connectivity index (χ3v) is 4.85. The summed E-state index contributed by atoms with van der Waals surface area (Å²) in [5, 5.41) is 6.82. The summed E-state index contributed by atoms with van der Waals surface area (Å²) in [5.41, 5.74) is 0. The Kier molecular flexibility index (Phi) is 4.08. The van der Waals surface area contributed by atoms with Crippen LogP contribution in [0, 0.1) is 0 Å². The van der Waals surface area contributed by atoms with E-state index in [9.17, 15) is 4.79 Å². The molecule has 0 radical (unpaired) electrons. The molecule has 3 saturated heterocycles. The highest BCUT2D eigenvalue weighted by Crippen LogP contribution is 2.27. The smallest absolute Gasteiger partial charge is 0.220 e. The molecular formula is C15H26N2O2. The van der Waals surface area contributed by atoms with E-state index >= 15 is 0 Å². The Morgan fingerprint density at radius 2 is 1.95 bits per heavy atom. The van der Waals surface area contributed by atoms with Crippen LogP contribution >= 0.6 is 0 Å². The summed E-state index contributed by atoms with van der Waals surface area (Å²) in [5.74, 6) is 0.217. The lowest BCUT2D eigenvalue weighted by Crippen LogP contribution is -2.48. The van der Waals surface area contributed by atoms with E-state index in [0.29, 0.717) is 36.8 Å². The maximum atomic E-state index is 12.0. The predicted molar refractivity (Wildman–Crippen MR) is 73.9 cm³/mol. The third-order valence-electron chi connectivity index (χ3n) is 4.85. The molecule has 3 heterocycles. The van der Waals surface area contributed by atoms with Crippen molar-refractivity contribution in [2.45, 2.75) is 88.6 Å². The van der Waals surface area contributed by atoms with Crippen molar-refractivity contribution in [1.82, 2.24) is 10.6 Å². The number of amides is 1. The highest BCUT2D eigenvalue weighted by molar-refractivity contribution is 5.76. The lowest BCUT2D eigenvalue weighted by molar-refractivity contribution is -0.122. The number of carbonyl (C=O) groups is 1. The third kappa shape index (κ3) is 3.48. The SMILES string of the molecule is CC1CCC(CCC(=O)NC2CC3CCC(C2)N3)O1. The molecule has 108 valence electrons. The Labute approximate surface area is 115 Å². The summed E-state index contributed by atoms with van der Waals surface area (Å²) in [6.45, 7) is 2.12. The standard InChI is InChI=1S/C15H26N2O2/c1-10-2-5-14(19-10)6-7-15(18)17-13-8-11-3-4-12(9-13)16-11/h10-14,16H,2-9H2,1H3,(H,17,18). The average Bonchev–Trinajstić information content (AvgIpc) is 2.93. The van der Waals surface area contributed by atoms with Crippen LogP contribution < -0.4 is 10.6 Å². The predicted octanol–water partition coefficient (Wildman–Crippen LogP) is 1.73. The van der Waals surface area contributed by atoms with Gasteiger partial charge in [-0.3, -0.25) is 4.79 Å². The van der Waals surface area contributed by atoms with Crippen molar-refractivity contribution in [2.75, 3.05) is 0 Å². The number of nitrogens with one attached hydrogen (secondary N) is 2. The van der Waals surface area contributed by atoms with Crippen LogP contribution in [-0.2, 0) is 9.53 Å². The van der Waals surface area contributed by atoms with E-state index < -0.39 is 0 Å². The maximum Gasteiger partial charge on any atom is 0.220 e. The van der Waals surface area contributed by atoms with Crippen LogP contribution in [0.1, 0.15) is 58.3 Å². The molecule has 4 atom stereocenters. The summed E-state index contributed by atoms with van der Waals surface area (Å²) in [6.07, 6.45) is 9.24. The summed E-state index contributed by atoms with van der Waals surface area (Å²) in [4.78, 5) is 12.0. The van der Waals surface area contributed by atoms with Crippen LogP contribution in [0.15, 0.2) is 0 Å². The van der Waals surface area contributed by atoms with Crippen LogP contribution in [0.4, 0.5) is 0 Å². The molecule has 0 aromatic heterocycles. The van der Waals surface area contributed by atoms with Gasteiger partial charge in [-0.05, 0) is 51.9 Å². The first-order valence-corrected chi connectivity index (χ1v) is 7.90. The van der Waals surface area contributed by atoms with Crippen molar-refractivity contribution in [3.63, 3.8) is 0 Å². The molecule has 4 nitrogen and oxygen atoms in total. The molecule has 2 N–H and O–H groups in total. The second-order valence-corrected chi connectivity index (χ2v) is 6.56. The zero-order chi connectivity index (χ0) is 13.2. The molecule has 4 unspecified atom stereocenters. The zero-order valence-electron chi connectivity index (χ0n) is 11.9. The first-order chi connectivity index (χ1) is 9.19. The Morgan fingerprint density at radius 3 is 2.58 bits per heavy atom. The number of fused-ring (bicyclic) bond motifs is 2. The van der Waals surface area contributed by atoms with Gasteiger partial charge in [0.05, 0.1) is 12.2 Å². The van der Waals surface area contributed by atoms with Gasteiger partial charge in [-0.15, -0.1) is 0 Å². The molecule has 4 heteroatoms. The van der Waals surface area contributed by atoms with E-state index in [1.807, 2.05) is 0 Å². The van der Waals surface area contributed by atoms with E-state index in [-0.39, 0.29) is 5.91 Å². The molecule has 3 aliphatic rings. The van der Waals surface area contributed by atoms with Crippen LogP contribution in [0.5, 0.6) is 0 Å². The fraction of sp³-hybridized carbons (Fsp3) is 0.933. The van der Waals surface area contributed by atoms with Gasteiger partial charge in [-0.1, -0.05) is 0 Å². The van der Waals surface area contributed by atoms with E-state index in [1.54, 1.807) is 0 Å². The van der Waals surface area contributed by atoms with Gasteiger partial charge in [-0.2, -0.15) is 0 Å². The van der Waals surface area contributed by atoms with Crippen LogP contribution in [-0.4, -0.2) is 36.2 Å². The highest BCUT2D eigenvalue weighted by atomic mass is 16.5. The Hall–Kier alpha value is -0.610. The van der Waals surface area contributed by atoms with Crippen molar-refractivity contribution < 1.29 is 9.53 Å². The number of piperidine rings is 1. The minimum absolute atomic E-state index is 0.217. The summed E-state index contributed by atoms with van der Waals surface area (Å²) < 4.78 is 5.76. The first kappa shape index (κ1) is 13.4. The Bertz CT molecular complexity index is 322. The molecule has 0 aliphatic carbocycles. The largest absolute Gasteiger partial charge is 0.375 e. The lowest BCUT2D eigenvalue weighted by atomic mass is 9.99. The van der Waals surface area contributed by atoms with Crippen molar-refractivity contribution in [1.29, 1.82) is 0 Å². The monoisotopic (exact) mass is 266 g/mol. The van der Waals surface area contributed by atoms with Crippen molar-refractivity contribution >= 4 is 5.91 Å². The molecule has 0 saturated carbocycles. The first-order valence-electron chi connectivity index (χ1n) is 7.90. The lowest BCUT2D eigenvalue weighted by Gasteiger charge is -2.29. The highest BCUT2D eigenvalue weighted by Gasteiger charge is 2.34. The summed E-state index contributed by atoms with van der Waals surface area (Å²) in [7, 11) is 0. The zero-order valence-corrected chi connectivity index (χ0v) is 11.9. The molecule has 2 bridgehead atoms. The van der Waals surface area contributed by atoms with Gasteiger partial charge in [0.1, 0.15) is 0 Å². The minimum atomic E-state index is 0.217. The number of ether oxygens (including phenoxy) is 1. The van der Waals surface area contributed by atoms with Gasteiger partial charge >= 0.3 is 0 Å². The summed E-state index contributed by atoms with van der Waals surface area (Å²) in [6, 6.07) is 1.68. The number of hydrogen-bond acceptors (Lipinski definition) is 3. The van der Waals surface area contributed by atoms with E-state index in [1.165, 1.54) is 12.8 Å². The average molecular weight is 266 g/mol. The minimum Gasteiger partial charge on any atom is -0.375 e. The quantitative estimate of drug-likeness (QED) is 0.815. The molecule has 3 rings (SSSR count). The fourth-order valence-corrected chi connectivity index (χ4v) is 3.86. The van der Waals surface area contributed by atoms with Gasteiger partial charge in [-0.25, -0.2) is 0 Å². The van der Waals surface area contributed by atoms with Crippen LogP contribution in [0.2, 0.25) is 0 Å². The van der Waals surface area contributed by atoms with Gasteiger partial charge in [0.2, 0.25) is 5.91 Å². The number of carbonyl (C=O) groups excluding carboxylic acids is 1. The Balaban J connectivity index is 1.37. The molecule has 19 heavy (non-hydrogen) atoms. The van der Waals surface area contributed by atoms with Crippen molar-refractivity contribution in [3.05, 3.63) is 0 Å². The van der Waals surface area contributed by atoms with Gasteiger partial charge in [0.15, 0.2) is 0 Å². The van der Waals surface area contributed by atoms with Gasteiger partial charge in [0, 0.05) is 24.5 Å². The normalized spacial score (nSPS) is 41.4. The van der Waals surface area contributed by atoms with Crippen molar-refractivity contribution in [2.24, 2.45) is 0 Å². The molecule has 0 aromatic rings. The molecule has 3 aliphatic heterocycles. The van der Waals surface area contributed by atoms with Gasteiger partial charge in [0.25, 0.3) is 0 Å². The topological polar surface area (TPSA) is 50.4 Å². The molecular weight excluding hydrogens is 240 g/mol. The van der Waals surface area contributed by atoms with E-state index in [4.69, 9.17) is 4.74 Å². The molecule has 3 fully saturated rings. The Morgan fingerprint density at radius 1 is 1.21 bits per heavy atom. The molecule has 1 amide bonds. The van der Waals surface area contributed by atoms with E-state index in [2.05, 4.69) is 17.6 Å². The second-order valence-electron chi connectivity index (χ2n) is 6.56. The molecule has 0 spiro atoms. The maximum absolute atomic E-state index is 12.0. The van der Waals surface area contributed by atoms with Crippen LogP contribution in [0.25, 0.3) is 0 Å². The number of hydrogen-bond donors (Lipinski definition) is 2. The fourth-order valence-electron chi connectivity index (χ4n) is 3.86. The van der Waals surface area contributed by atoms with E-state index in [0.717, 1.165) is 32.1 Å².